The van der Waals surface area contributed by atoms with E-state index in [0.717, 1.165) is 0 Å². The van der Waals surface area contributed by atoms with Gasteiger partial charge in [-0.05, 0) is 30.0 Å². The number of hydrogen-bond acceptors (Lipinski definition) is 4. The van der Waals surface area contributed by atoms with E-state index in [-0.39, 0.29) is 28.7 Å². The summed E-state index contributed by atoms with van der Waals surface area (Å²) in [6.07, 6.45) is 0.830. The number of aromatic carboxylic acids is 2. The van der Waals surface area contributed by atoms with Gasteiger partial charge in [0.05, 0.1) is 11.1 Å². The third-order valence-electron chi connectivity index (χ3n) is 3.10. The Kier molecular flexibility index (Phi) is 4.41. The fraction of sp³-hybridized carbons (Fsp3) is 0.188. The van der Waals surface area contributed by atoms with Gasteiger partial charge in [-0.2, -0.15) is 0 Å². The summed E-state index contributed by atoms with van der Waals surface area (Å²) < 4.78 is 5.10. The maximum Gasteiger partial charge on any atom is 0.336 e. The summed E-state index contributed by atoms with van der Waals surface area (Å²) in [6.45, 7) is 1.82. The van der Waals surface area contributed by atoms with E-state index in [1.165, 1.54) is 24.3 Å². The molecule has 0 saturated heterocycles. The Morgan fingerprint density at radius 1 is 1.05 bits per heavy atom. The van der Waals surface area contributed by atoms with Crippen molar-refractivity contribution in [3.8, 4) is 5.75 Å². The zero-order valence-electron chi connectivity index (χ0n) is 11.8. The number of carbonyl (C=O) groups is 3. The number of carboxylic acids is 2. The van der Waals surface area contributed by atoms with Crippen LogP contribution in [-0.2, 0) is 4.79 Å². The van der Waals surface area contributed by atoms with E-state index in [2.05, 4.69) is 0 Å². The van der Waals surface area contributed by atoms with Gasteiger partial charge in [0, 0.05) is 11.8 Å². The molecule has 0 amide bonds. The molecule has 6 heteroatoms. The third-order valence-corrected chi connectivity index (χ3v) is 3.10. The van der Waals surface area contributed by atoms with Gasteiger partial charge in [-0.1, -0.05) is 19.1 Å². The van der Waals surface area contributed by atoms with Crippen LogP contribution in [0.4, 0.5) is 0 Å². The largest absolute Gasteiger partial charge is 0.478 e. The first-order valence-corrected chi connectivity index (χ1v) is 6.68. The van der Waals surface area contributed by atoms with E-state index in [0.29, 0.717) is 11.8 Å². The van der Waals surface area contributed by atoms with Gasteiger partial charge >= 0.3 is 17.9 Å². The van der Waals surface area contributed by atoms with Crippen LogP contribution in [0, 0.1) is 0 Å². The highest BCUT2D eigenvalue weighted by atomic mass is 16.5. The minimum atomic E-state index is -1.29. The Morgan fingerprint density at radius 2 is 1.73 bits per heavy atom. The van der Waals surface area contributed by atoms with E-state index in [9.17, 15) is 24.6 Å². The van der Waals surface area contributed by atoms with Crippen LogP contribution < -0.4 is 4.74 Å². The van der Waals surface area contributed by atoms with E-state index >= 15 is 0 Å². The fourth-order valence-corrected chi connectivity index (χ4v) is 2.19. The zero-order valence-corrected chi connectivity index (χ0v) is 11.8. The molecule has 0 bridgehead atoms. The van der Waals surface area contributed by atoms with Crippen molar-refractivity contribution in [3.63, 3.8) is 0 Å². The van der Waals surface area contributed by atoms with Crippen LogP contribution in [0.15, 0.2) is 30.3 Å². The summed E-state index contributed by atoms with van der Waals surface area (Å²) in [5, 5.41) is 19.0. The van der Waals surface area contributed by atoms with Crippen molar-refractivity contribution in [2.45, 2.75) is 19.8 Å². The van der Waals surface area contributed by atoms with Crippen LogP contribution in [0.25, 0.3) is 10.8 Å². The molecule has 0 fully saturated rings. The summed E-state index contributed by atoms with van der Waals surface area (Å²) in [6, 6.07) is 7.05. The molecule has 2 aromatic rings. The number of hydrogen-bond donors (Lipinski definition) is 2. The molecule has 0 aliphatic rings. The summed E-state index contributed by atoms with van der Waals surface area (Å²) in [5.74, 6) is -2.88. The minimum Gasteiger partial charge on any atom is -0.478 e. The summed E-state index contributed by atoms with van der Waals surface area (Å²) in [4.78, 5) is 34.2. The molecule has 0 aliphatic heterocycles. The lowest BCUT2D eigenvalue weighted by molar-refractivity contribution is -0.134. The molecule has 0 aromatic heterocycles. The molecular formula is C16H14O6. The van der Waals surface area contributed by atoms with Gasteiger partial charge in [-0.15, -0.1) is 0 Å². The molecule has 2 aromatic carbocycles. The molecule has 0 aliphatic carbocycles. The second-order valence-electron chi connectivity index (χ2n) is 4.71. The molecular weight excluding hydrogens is 288 g/mol. The van der Waals surface area contributed by atoms with E-state index in [1.807, 2.05) is 6.92 Å². The lowest BCUT2D eigenvalue weighted by Gasteiger charge is -2.10. The standard InChI is InChI=1S/C16H14O6/c1-2-4-13(17)22-10-7-9-5-3-6-11(15(18)19)14(9)12(8-10)16(20)21/h3,5-8H,2,4H2,1H3,(H,18,19)(H,20,21). The number of esters is 1. The monoisotopic (exact) mass is 302 g/mol. The SMILES string of the molecule is CCCC(=O)Oc1cc(C(=O)O)c2c(C(=O)O)cccc2c1. The number of carboxylic acid groups (broad SMARTS) is 2. The first-order valence-electron chi connectivity index (χ1n) is 6.68. The maximum atomic E-state index is 11.5. The fourth-order valence-electron chi connectivity index (χ4n) is 2.19. The van der Waals surface area contributed by atoms with Crippen LogP contribution >= 0.6 is 0 Å². The van der Waals surface area contributed by atoms with Crippen molar-refractivity contribution in [1.29, 1.82) is 0 Å². The van der Waals surface area contributed by atoms with E-state index < -0.39 is 17.9 Å². The van der Waals surface area contributed by atoms with Crippen LogP contribution in [0.1, 0.15) is 40.5 Å². The zero-order chi connectivity index (χ0) is 16.3. The van der Waals surface area contributed by atoms with Gasteiger partial charge in [-0.25, -0.2) is 9.59 Å². The highest BCUT2D eigenvalue weighted by Gasteiger charge is 2.18. The van der Waals surface area contributed by atoms with Gasteiger partial charge in [0.15, 0.2) is 0 Å². The topological polar surface area (TPSA) is 101 Å². The number of carbonyl (C=O) groups excluding carboxylic acids is 1. The minimum absolute atomic E-state index is 0.0888. The molecule has 0 atom stereocenters. The number of benzene rings is 2. The summed E-state index contributed by atoms with van der Waals surface area (Å²) in [7, 11) is 0. The lowest BCUT2D eigenvalue weighted by Crippen LogP contribution is -2.09. The lowest BCUT2D eigenvalue weighted by atomic mass is 9.98. The molecule has 0 saturated carbocycles. The maximum absolute atomic E-state index is 11.5. The summed E-state index contributed by atoms with van der Waals surface area (Å²) in [5.41, 5.74) is -0.323. The van der Waals surface area contributed by atoms with Crippen molar-refractivity contribution in [2.75, 3.05) is 0 Å². The smallest absolute Gasteiger partial charge is 0.336 e. The Morgan fingerprint density at radius 3 is 2.32 bits per heavy atom. The van der Waals surface area contributed by atoms with Gasteiger partial charge in [0.2, 0.25) is 0 Å². The second kappa shape index (κ2) is 6.26. The number of fused-ring (bicyclic) bond motifs is 1. The van der Waals surface area contributed by atoms with E-state index in [1.54, 1.807) is 6.07 Å². The summed E-state index contributed by atoms with van der Waals surface area (Å²) >= 11 is 0. The highest BCUT2D eigenvalue weighted by Crippen LogP contribution is 2.29. The molecule has 6 nitrogen and oxygen atoms in total. The van der Waals surface area contributed by atoms with Gasteiger partial charge < -0.3 is 14.9 Å². The van der Waals surface area contributed by atoms with Crippen LogP contribution in [0.2, 0.25) is 0 Å². The average molecular weight is 302 g/mol. The predicted octanol–water partition coefficient (Wildman–Crippen LogP) is 2.94. The normalized spacial score (nSPS) is 10.4. The average Bonchev–Trinajstić information content (AvgIpc) is 2.45. The van der Waals surface area contributed by atoms with Gasteiger partial charge in [0.25, 0.3) is 0 Å². The Bertz CT molecular complexity index is 763. The Labute approximate surface area is 125 Å². The predicted molar refractivity (Wildman–Crippen MR) is 78.4 cm³/mol. The van der Waals surface area contributed by atoms with Crippen molar-refractivity contribution in [3.05, 3.63) is 41.5 Å². The van der Waals surface area contributed by atoms with Crippen LogP contribution in [0.5, 0.6) is 5.75 Å². The Hall–Kier alpha value is -2.89. The van der Waals surface area contributed by atoms with E-state index in [4.69, 9.17) is 4.74 Å². The molecule has 2 rings (SSSR count). The van der Waals surface area contributed by atoms with Crippen LogP contribution in [-0.4, -0.2) is 28.1 Å². The molecule has 22 heavy (non-hydrogen) atoms. The van der Waals surface area contributed by atoms with Crippen LogP contribution in [0.3, 0.4) is 0 Å². The van der Waals surface area contributed by atoms with Crippen molar-refractivity contribution < 1.29 is 29.3 Å². The van der Waals surface area contributed by atoms with Crippen molar-refractivity contribution >= 4 is 28.7 Å². The van der Waals surface area contributed by atoms with Crippen molar-refractivity contribution in [1.82, 2.24) is 0 Å². The Balaban J connectivity index is 2.63. The third kappa shape index (κ3) is 3.06. The first-order chi connectivity index (χ1) is 10.4. The molecule has 2 N–H and O–H groups in total. The van der Waals surface area contributed by atoms with Gasteiger partial charge in [0.1, 0.15) is 5.75 Å². The number of rotatable bonds is 5. The quantitative estimate of drug-likeness (QED) is 0.650. The highest BCUT2D eigenvalue weighted by molar-refractivity contribution is 6.13. The van der Waals surface area contributed by atoms with Crippen molar-refractivity contribution in [2.24, 2.45) is 0 Å². The molecule has 0 heterocycles. The molecule has 0 spiro atoms. The second-order valence-corrected chi connectivity index (χ2v) is 4.71. The van der Waals surface area contributed by atoms with Gasteiger partial charge in [-0.3, -0.25) is 4.79 Å². The molecule has 0 radical (unpaired) electrons. The molecule has 114 valence electrons. The number of ether oxygens (including phenoxy) is 1. The molecule has 0 unspecified atom stereocenters. The first kappa shape index (κ1) is 15.5.